The highest BCUT2D eigenvalue weighted by Gasteiger charge is 2.27. The van der Waals surface area contributed by atoms with E-state index in [0.29, 0.717) is 25.3 Å². The van der Waals surface area contributed by atoms with Gasteiger partial charge >= 0.3 is 0 Å². The highest BCUT2D eigenvalue weighted by Crippen LogP contribution is 2.18. The number of hydrogen-bond acceptors (Lipinski definition) is 4. The lowest BCUT2D eigenvalue weighted by molar-refractivity contribution is -0.123. The zero-order valence-electron chi connectivity index (χ0n) is 17.9. The molecule has 1 atom stereocenters. The number of carbonyl (C=O) groups is 3. The predicted molar refractivity (Wildman–Crippen MR) is 113 cm³/mol. The van der Waals surface area contributed by atoms with Gasteiger partial charge < -0.3 is 15.5 Å². The molecule has 8 nitrogen and oxygen atoms in total. The van der Waals surface area contributed by atoms with E-state index in [9.17, 15) is 14.4 Å². The summed E-state index contributed by atoms with van der Waals surface area (Å²) in [7, 11) is 0. The SMILES string of the molecule is Cc1ccccc1CN1CCCn2nc(C(=O)NC(C)C(=O)NC(C)C)cc2C1=O. The molecule has 2 heterocycles. The molecule has 3 rings (SSSR count). The summed E-state index contributed by atoms with van der Waals surface area (Å²) in [6.45, 7) is 9.06. The van der Waals surface area contributed by atoms with Crippen LogP contribution in [0.1, 0.15) is 59.3 Å². The third-order valence-electron chi connectivity index (χ3n) is 5.11. The van der Waals surface area contributed by atoms with Crippen LogP contribution in [-0.4, -0.2) is 51.0 Å². The lowest BCUT2D eigenvalue weighted by atomic mass is 10.1. The minimum Gasteiger partial charge on any atom is -0.352 e. The van der Waals surface area contributed by atoms with Gasteiger partial charge in [0.15, 0.2) is 5.69 Å². The monoisotopic (exact) mass is 411 g/mol. The van der Waals surface area contributed by atoms with Crippen molar-refractivity contribution in [3.05, 3.63) is 52.8 Å². The van der Waals surface area contributed by atoms with Gasteiger partial charge in [0.2, 0.25) is 5.91 Å². The average molecular weight is 412 g/mol. The lowest BCUT2D eigenvalue weighted by Crippen LogP contribution is -2.46. The molecule has 0 aliphatic carbocycles. The molecule has 0 bridgehead atoms. The Labute approximate surface area is 176 Å². The van der Waals surface area contributed by atoms with Crippen LogP contribution in [0.3, 0.4) is 0 Å². The van der Waals surface area contributed by atoms with E-state index in [0.717, 1.165) is 17.5 Å². The van der Waals surface area contributed by atoms with Gasteiger partial charge in [0.25, 0.3) is 11.8 Å². The number of nitrogens with zero attached hydrogens (tertiary/aromatic N) is 3. The van der Waals surface area contributed by atoms with Crippen LogP contribution in [0.4, 0.5) is 0 Å². The number of aryl methyl sites for hydroxylation is 2. The van der Waals surface area contributed by atoms with E-state index < -0.39 is 11.9 Å². The van der Waals surface area contributed by atoms with Crippen LogP contribution >= 0.6 is 0 Å². The Morgan fingerprint density at radius 3 is 2.57 bits per heavy atom. The molecule has 160 valence electrons. The maximum absolute atomic E-state index is 13.1. The summed E-state index contributed by atoms with van der Waals surface area (Å²) >= 11 is 0. The van der Waals surface area contributed by atoms with Gasteiger partial charge in [-0.1, -0.05) is 24.3 Å². The minimum absolute atomic E-state index is 0.0163. The lowest BCUT2D eigenvalue weighted by Gasteiger charge is -2.21. The first-order chi connectivity index (χ1) is 14.3. The van der Waals surface area contributed by atoms with Crippen molar-refractivity contribution >= 4 is 17.7 Å². The van der Waals surface area contributed by atoms with Crippen LogP contribution < -0.4 is 10.6 Å². The number of carbonyl (C=O) groups excluding carboxylic acids is 3. The molecule has 0 fully saturated rings. The Morgan fingerprint density at radius 2 is 1.87 bits per heavy atom. The first kappa shape index (κ1) is 21.5. The first-order valence-electron chi connectivity index (χ1n) is 10.3. The molecule has 1 aromatic heterocycles. The molecule has 1 aromatic carbocycles. The molecule has 0 radical (unpaired) electrons. The van der Waals surface area contributed by atoms with Crippen LogP contribution in [0.15, 0.2) is 30.3 Å². The number of fused-ring (bicyclic) bond motifs is 1. The van der Waals surface area contributed by atoms with Crippen molar-refractivity contribution in [2.75, 3.05) is 6.54 Å². The third-order valence-corrected chi connectivity index (χ3v) is 5.11. The Bertz CT molecular complexity index is 950. The average Bonchev–Trinajstić information content (AvgIpc) is 3.06. The van der Waals surface area contributed by atoms with Crippen molar-refractivity contribution < 1.29 is 14.4 Å². The van der Waals surface area contributed by atoms with Crippen molar-refractivity contribution in [3.8, 4) is 0 Å². The summed E-state index contributed by atoms with van der Waals surface area (Å²) in [6, 6.07) is 8.79. The maximum atomic E-state index is 13.1. The Hall–Kier alpha value is -3.16. The Morgan fingerprint density at radius 1 is 1.13 bits per heavy atom. The predicted octanol–water partition coefficient (Wildman–Crippen LogP) is 1.88. The summed E-state index contributed by atoms with van der Waals surface area (Å²) in [5.41, 5.74) is 2.77. The van der Waals surface area contributed by atoms with Crippen molar-refractivity contribution in [1.29, 1.82) is 0 Å². The summed E-state index contributed by atoms with van der Waals surface area (Å²) in [6.07, 6.45) is 0.751. The highest BCUT2D eigenvalue weighted by molar-refractivity contribution is 5.99. The van der Waals surface area contributed by atoms with Gasteiger partial charge in [-0.15, -0.1) is 0 Å². The fraction of sp³-hybridized carbons (Fsp3) is 0.455. The van der Waals surface area contributed by atoms with Gasteiger partial charge in [-0.3, -0.25) is 19.1 Å². The quantitative estimate of drug-likeness (QED) is 0.759. The molecule has 30 heavy (non-hydrogen) atoms. The summed E-state index contributed by atoms with van der Waals surface area (Å²) < 4.78 is 1.59. The van der Waals surface area contributed by atoms with Crippen LogP contribution in [0.5, 0.6) is 0 Å². The number of amides is 3. The number of aromatic nitrogens is 2. The molecule has 0 saturated carbocycles. The van der Waals surface area contributed by atoms with E-state index in [1.807, 2.05) is 45.0 Å². The fourth-order valence-electron chi connectivity index (χ4n) is 3.43. The van der Waals surface area contributed by atoms with Crippen LogP contribution in [-0.2, 0) is 17.9 Å². The Kier molecular flexibility index (Phi) is 6.54. The van der Waals surface area contributed by atoms with E-state index in [1.54, 1.807) is 16.5 Å². The Balaban J connectivity index is 1.73. The summed E-state index contributed by atoms with van der Waals surface area (Å²) in [4.78, 5) is 39.5. The van der Waals surface area contributed by atoms with E-state index >= 15 is 0 Å². The van der Waals surface area contributed by atoms with Crippen molar-refractivity contribution in [2.45, 2.75) is 59.3 Å². The molecule has 2 N–H and O–H groups in total. The van der Waals surface area contributed by atoms with E-state index in [1.165, 1.54) is 6.07 Å². The topological polar surface area (TPSA) is 96.3 Å². The molecular weight excluding hydrogens is 382 g/mol. The first-order valence-corrected chi connectivity index (χ1v) is 10.3. The van der Waals surface area contributed by atoms with Gasteiger partial charge in [0.1, 0.15) is 11.7 Å². The van der Waals surface area contributed by atoms with E-state index in [2.05, 4.69) is 15.7 Å². The van der Waals surface area contributed by atoms with Crippen LogP contribution in [0.2, 0.25) is 0 Å². The molecule has 2 aromatic rings. The van der Waals surface area contributed by atoms with Gasteiger partial charge in [-0.25, -0.2) is 0 Å². The van der Waals surface area contributed by atoms with Crippen molar-refractivity contribution in [3.63, 3.8) is 0 Å². The molecule has 3 amide bonds. The standard InChI is InChI=1S/C22H29N5O3/c1-14(2)23-20(28)16(4)24-21(29)18-12-19-22(30)26(10-7-11-27(19)25-18)13-17-9-6-5-8-15(17)3/h5-6,8-9,12,14,16H,7,10-11,13H2,1-4H3,(H,23,28)(H,24,29). The maximum Gasteiger partial charge on any atom is 0.272 e. The number of hydrogen-bond donors (Lipinski definition) is 2. The summed E-state index contributed by atoms with van der Waals surface area (Å²) in [5, 5.41) is 9.72. The smallest absolute Gasteiger partial charge is 0.272 e. The number of benzene rings is 1. The molecular formula is C22H29N5O3. The second-order valence-electron chi connectivity index (χ2n) is 8.00. The second kappa shape index (κ2) is 9.11. The molecule has 1 unspecified atom stereocenters. The minimum atomic E-state index is -0.699. The van der Waals surface area contributed by atoms with Gasteiger partial charge in [0.05, 0.1) is 0 Å². The van der Waals surface area contributed by atoms with Gasteiger partial charge in [-0.2, -0.15) is 5.10 Å². The summed E-state index contributed by atoms with van der Waals surface area (Å²) in [5.74, 6) is -0.882. The largest absolute Gasteiger partial charge is 0.352 e. The molecule has 0 spiro atoms. The van der Waals surface area contributed by atoms with Crippen LogP contribution in [0, 0.1) is 6.92 Å². The van der Waals surface area contributed by atoms with Crippen molar-refractivity contribution in [2.24, 2.45) is 0 Å². The number of nitrogens with one attached hydrogen (secondary N) is 2. The second-order valence-corrected chi connectivity index (χ2v) is 8.00. The zero-order chi connectivity index (χ0) is 21.8. The van der Waals surface area contributed by atoms with Gasteiger partial charge in [-0.05, 0) is 45.2 Å². The molecule has 1 aliphatic rings. The number of rotatable bonds is 6. The highest BCUT2D eigenvalue weighted by atomic mass is 16.2. The van der Waals surface area contributed by atoms with E-state index in [-0.39, 0.29) is 23.6 Å². The molecule has 1 aliphatic heterocycles. The molecule has 0 saturated heterocycles. The normalized spacial score (nSPS) is 14.8. The van der Waals surface area contributed by atoms with Crippen molar-refractivity contribution in [1.82, 2.24) is 25.3 Å². The van der Waals surface area contributed by atoms with E-state index in [4.69, 9.17) is 0 Å². The fourth-order valence-corrected chi connectivity index (χ4v) is 3.43. The van der Waals surface area contributed by atoms with Crippen LogP contribution in [0.25, 0.3) is 0 Å². The third kappa shape index (κ3) is 4.87. The molecule has 8 heteroatoms. The van der Waals surface area contributed by atoms with Gasteiger partial charge in [0, 0.05) is 31.7 Å². The zero-order valence-corrected chi connectivity index (χ0v) is 17.9.